The quantitative estimate of drug-likeness (QED) is 0.879. The number of amides is 1. The Morgan fingerprint density at radius 2 is 2.10 bits per heavy atom. The fourth-order valence-corrected chi connectivity index (χ4v) is 2.96. The monoisotopic (exact) mass is 318 g/mol. The number of halogens is 1. The van der Waals surface area contributed by atoms with Gasteiger partial charge in [-0.3, -0.25) is 4.79 Å². The molecule has 7 heteroatoms. The largest absolute Gasteiger partial charge is 0.314 e. The Kier molecular flexibility index (Phi) is 5.91. The van der Waals surface area contributed by atoms with E-state index < -0.39 is 0 Å². The number of carbonyl (C=O) groups excluding carboxylic acids is 1. The van der Waals surface area contributed by atoms with E-state index in [1.165, 1.54) is 11.3 Å². The molecular weight excluding hydrogens is 296 g/mol. The van der Waals surface area contributed by atoms with Crippen LogP contribution in [0.3, 0.4) is 0 Å². The second kappa shape index (κ2) is 6.83. The maximum atomic E-state index is 12.2. The van der Waals surface area contributed by atoms with E-state index in [2.05, 4.69) is 48.5 Å². The maximum absolute atomic E-state index is 12.2. The van der Waals surface area contributed by atoms with Crippen molar-refractivity contribution in [2.24, 2.45) is 5.92 Å². The number of anilines is 1. The number of hydrogen-bond acceptors (Lipinski definition) is 5. The van der Waals surface area contributed by atoms with Crippen LogP contribution in [0.1, 0.15) is 45.5 Å². The van der Waals surface area contributed by atoms with Gasteiger partial charge in [-0.2, -0.15) is 0 Å². The summed E-state index contributed by atoms with van der Waals surface area (Å²) in [7, 11) is 0. The van der Waals surface area contributed by atoms with Crippen molar-refractivity contribution in [3.05, 3.63) is 5.01 Å². The molecule has 2 rings (SSSR count). The molecule has 1 amide bonds. The van der Waals surface area contributed by atoms with Gasteiger partial charge in [0.05, 0.1) is 0 Å². The van der Waals surface area contributed by atoms with E-state index in [0.29, 0.717) is 11.2 Å². The number of aromatic nitrogens is 2. The first kappa shape index (κ1) is 17.3. The predicted molar refractivity (Wildman–Crippen MR) is 84.7 cm³/mol. The lowest BCUT2D eigenvalue weighted by molar-refractivity contribution is -0.120. The van der Waals surface area contributed by atoms with Gasteiger partial charge in [0.1, 0.15) is 5.01 Å². The van der Waals surface area contributed by atoms with E-state index in [1.807, 2.05) is 0 Å². The van der Waals surface area contributed by atoms with Gasteiger partial charge in [-0.1, -0.05) is 32.1 Å². The van der Waals surface area contributed by atoms with Crippen LogP contribution in [0.25, 0.3) is 0 Å². The predicted octanol–water partition coefficient (Wildman–Crippen LogP) is 2.58. The van der Waals surface area contributed by atoms with Gasteiger partial charge in [-0.25, -0.2) is 0 Å². The molecule has 0 bridgehead atoms. The van der Waals surface area contributed by atoms with Crippen LogP contribution in [0, 0.1) is 5.92 Å². The van der Waals surface area contributed by atoms with E-state index in [1.54, 1.807) is 0 Å². The second-order valence-corrected chi connectivity index (χ2v) is 7.21. The van der Waals surface area contributed by atoms with Crippen molar-refractivity contribution >= 4 is 34.8 Å². The molecule has 0 aliphatic carbocycles. The van der Waals surface area contributed by atoms with Gasteiger partial charge < -0.3 is 10.6 Å². The van der Waals surface area contributed by atoms with Crippen LogP contribution >= 0.6 is 23.7 Å². The molecule has 0 radical (unpaired) electrons. The lowest BCUT2D eigenvalue weighted by atomic mass is 9.93. The summed E-state index contributed by atoms with van der Waals surface area (Å²) in [4.78, 5) is 12.2. The number of rotatable bonds is 2. The highest BCUT2D eigenvalue weighted by atomic mass is 35.5. The zero-order chi connectivity index (χ0) is 14.0. The summed E-state index contributed by atoms with van der Waals surface area (Å²) >= 11 is 1.46. The summed E-state index contributed by atoms with van der Waals surface area (Å²) in [6.07, 6.45) is 1.78. The topological polar surface area (TPSA) is 66.9 Å². The van der Waals surface area contributed by atoms with Crippen molar-refractivity contribution in [2.45, 2.75) is 52.0 Å². The zero-order valence-corrected chi connectivity index (χ0v) is 14.0. The Bertz CT molecular complexity index is 457. The van der Waals surface area contributed by atoms with Gasteiger partial charge in [0, 0.05) is 17.4 Å². The molecule has 1 aromatic heterocycles. The van der Waals surface area contributed by atoms with Gasteiger partial charge in [-0.15, -0.1) is 22.6 Å². The SMILES string of the molecule is C[C@H]1C[C@@H](C(=O)Nc2nnc(C(C)(C)C)s2)CCN1.Cl. The average Bonchev–Trinajstić information content (AvgIpc) is 2.77. The molecule has 2 atom stereocenters. The highest BCUT2D eigenvalue weighted by Crippen LogP contribution is 2.28. The van der Waals surface area contributed by atoms with E-state index in [-0.39, 0.29) is 29.6 Å². The first-order valence-electron chi connectivity index (χ1n) is 6.74. The molecule has 2 N–H and O–H groups in total. The molecule has 0 spiro atoms. The molecule has 114 valence electrons. The van der Waals surface area contributed by atoms with E-state index in [4.69, 9.17) is 0 Å². The molecule has 5 nitrogen and oxygen atoms in total. The summed E-state index contributed by atoms with van der Waals surface area (Å²) in [6, 6.07) is 0.407. The number of hydrogen-bond donors (Lipinski definition) is 2. The summed E-state index contributed by atoms with van der Waals surface area (Å²) in [5.41, 5.74) is -0.0239. The third-order valence-corrected chi connectivity index (χ3v) is 4.56. The van der Waals surface area contributed by atoms with Crippen LogP contribution in [0.2, 0.25) is 0 Å². The molecule has 1 aliphatic heterocycles. The fourth-order valence-electron chi connectivity index (χ4n) is 2.15. The Balaban J connectivity index is 0.00000200. The summed E-state index contributed by atoms with van der Waals surface area (Å²) in [6.45, 7) is 9.29. The van der Waals surface area contributed by atoms with Crippen molar-refractivity contribution < 1.29 is 4.79 Å². The summed E-state index contributed by atoms with van der Waals surface area (Å²) < 4.78 is 0. The van der Waals surface area contributed by atoms with Crippen LogP contribution in [-0.2, 0) is 10.2 Å². The molecule has 1 aromatic rings. The van der Waals surface area contributed by atoms with Crippen molar-refractivity contribution in [3.63, 3.8) is 0 Å². The van der Waals surface area contributed by atoms with Crippen LogP contribution < -0.4 is 10.6 Å². The highest BCUT2D eigenvalue weighted by Gasteiger charge is 2.26. The van der Waals surface area contributed by atoms with Gasteiger partial charge >= 0.3 is 0 Å². The first-order chi connectivity index (χ1) is 8.86. The molecule has 20 heavy (non-hydrogen) atoms. The Morgan fingerprint density at radius 1 is 1.40 bits per heavy atom. The third-order valence-electron chi connectivity index (χ3n) is 3.29. The van der Waals surface area contributed by atoms with Crippen molar-refractivity contribution in [1.82, 2.24) is 15.5 Å². The smallest absolute Gasteiger partial charge is 0.229 e. The Morgan fingerprint density at radius 3 is 2.65 bits per heavy atom. The van der Waals surface area contributed by atoms with E-state index >= 15 is 0 Å². The van der Waals surface area contributed by atoms with Crippen LogP contribution in [0.4, 0.5) is 5.13 Å². The molecule has 0 saturated carbocycles. The molecule has 0 aromatic carbocycles. The van der Waals surface area contributed by atoms with E-state index in [9.17, 15) is 4.79 Å². The minimum absolute atomic E-state index is 0. The van der Waals surface area contributed by atoms with Gasteiger partial charge in [0.2, 0.25) is 11.0 Å². The second-order valence-electron chi connectivity index (χ2n) is 6.23. The van der Waals surface area contributed by atoms with Crippen LogP contribution in [-0.4, -0.2) is 28.7 Å². The fraction of sp³-hybridized carbons (Fsp3) is 0.769. The van der Waals surface area contributed by atoms with Crippen LogP contribution in [0.5, 0.6) is 0 Å². The standard InChI is InChI=1S/C13H22N4OS.ClH/c1-8-7-9(5-6-14-8)10(18)15-12-17-16-11(19-12)13(2,3)4;/h8-9,14H,5-7H2,1-4H3,(H,15,17,18);1H/t8-,9-;/m0./s1. The molecule has 0 unspecified atom stereocenters. The Labute approximate surface area is 130 Å². The van der Waals surface area contributed by atoms with Crippen LogP contribution in [0.15, 0.2) is 0 Å². The van der Waals surface area contributed by atoms with Crippen molar-refractivity contribution in [2.75, 3.05) is 11.9 Å². The number of carbonyl (C=O) groups is 1. The molecule has 1 saturated heterocycles. The van der Waals surface area contributed by atoms with Gasteiger partial charge in [0.25, 0.3) is 0 Å². The highest BCUT2D eigenvalue weighted by molar-refractivity contribution is 7.15. The zero-order valence-electron chi connectivity index (χ0n) is 12.4. The molecule has 1 aliphatic rings. The lowest BCUT2D eigenvalue weighted by Gasteiger charge is -2.26. The average molecular weight is 319 g/mol. The van der Waals surface area contributed by atoms with Gasteiger partial charge in [-0.05, 0) is 26.3 Å². The van der Waals surface area contributed by atoms with Crippen molar-refractivity contribution in [3.8, 4) is 0 Å². The molecule has 2 heterocycles. The molecular formula is C13H23ClN4OS. The first-order valence-corrected chi connectivity index (χ1v) is 7.56. The van der Waals surface area contributed by atoms with Crippen molar-refractivity contribution in [1.29, 1.82) is 0 Å². The molecule has 1 fully saturated rings. The normalized spacial score (nSPS) is 23.0. The Hall–Kier alpha value is -0.720. The minimum Gasteiger partial charge on any atom is -0.314 e. The summed E-state index contributed by atoms with van der Waals surface area (Å²) in [5.74, 6) is 0.156. The lowest BCUT2D eigenvalue weighted by Crippen LogP contribution is -2.40. The minimum atomic E-state index is -0.0239. The third kappa shape index (κ3) is 4.40. The number of nitrogens with one attached hydrogen (secondary N) is 2. The van der Waals surface area contributed by atoms with Gasteiger partial charge in [0.15, 0.2) is 0 Å². The van der Waals surface area contributed by atoms with E-state index in [0.717, 1.165) is 24.4 Å². The number of nitrogens with zero attached hydrogens (tertiary/aromatic N) is 2. The maximum Gasteiger partial charge on any atom is 0.229 e. The number of piperidine rings is 1. The summed E-state index contributed by atoms with van der Waals surface area (Å²) in [5, 5.41) is 16.0.